The first-order valence-electron chi connectivity index (χ1n) is 5.18. The maximum absolute atomic E-state index is 8.57. The Labute approximate surface area is 96.0 Å². The van der Waals surface area contributed by atoms with Crippen LogP contribution < -0.4 is 4.74 Å². The van der Waals surface area contributed by atoms with Gasteiger partial charge in [-0.1, -0.05) is 11.8 Å². The molecule has 0 aliphatic carbocycles. The Bertz CT molecular complexity index is 346. The standard InChI is InChI=1S/C13H16O3/c1-15-10-11-16-13-7-5-12(6-8-13)4-2-3-9-14/h5-8,14H,3,9-11H2,1H3. The van der Waals surface area contributed by atoms with Crippen LogP contribution in [0, 0.1) is 11.8 Å². The lowest BCUT2D eigenvalue weighted by Crippen LogP contribution is -2.03. The van der Waals surface area contributed by atoms with E-state index in [9.17, 15) is 0 Å². The van der Waals surface area contributed by atoms with Crippen LogP contribution in [0.25, 0.3) is 0 Å². The van der Waals surface area contributed by atoms with Crippen LogP contribution in [0.4, 0.5) is 0 Å². The van der Waals surface area contributed by atoms with Gasteiger partial charge < -0.3 is 14.6 Å². The Kier molecular flexibility index (Phi) is 6.09. The highest BCUT2D eigenvalue weighted by molar-refractivity contribution is 5.38. The number of hydrogen-bond donors (Lipinski definition) is 1. The van der Waals surface area contributed by atoms with Gasteiger partial charge in [-0.05, 0) is 24.3 Å². The summed E-state index contributed by atoms with van der Waals surface area (Å²) in [6, 6.07) is 7.54. The third kappa shape index (κ3) is 4.83. The van der Waals surface area contributed by atoms with Crippen molar-refractivity contribution in [3.05, 3.63) is 29.8 Å². The first kappa shape index (κ1) is 12.6. The van der Waals surface area contributed by atoms with Gasteiger partial charge in [0, 0.05) is 19.1 Å². The number of methoxy groups -OCH3 is 1. The molecule has 0 spiro atoms. The maximum atomic E-state index is 8.57. The smallest absolute Gasteiger partial charge is 0.119 e. The summed E-state index contributed by atoms with van der Waals surface area (Å²) in [5.74, 6) is 6.62. The van der Waals surface area contributed by atoms with Gasteiger partial charge in [0.2, 0.25) is 0 Å². The molecule has 0 amide bonds. The van der Waals surface area contributed by atoms with E-state index in [2.05, 4.69) is 11.8 Å². The summed E-state index contributed by atoms with van der Waals surface area (Å²) >= 11 is 0. The van der Waals surface area contributed by atoms with E-state index in [0.717, 1.165) is 11.3 Å². The molecule has 1 aromatic rings. The molecule has 1 N–H and O–H groups in total. The Hall–Kier alpha value is -1.50. The zero-order valence-electron chi connectivity index (χ0n) is 9.40. The average Bonchev–Trinajstić information content (AvgIpc) is 2.32. The number of benzene rings is 1. The van der Waals surface area contributed by atoms with Crippen LogP contribution in [0.3, 0.4) is 0 Å². The van der Waals surface area contributed by atoms with Gasteiger partial charge in [0.15, 0.2) is 0 Å². The van der Waals surface area contributed by atoms with Crippen LogP contribution in [0.5, 0.6) is 5.75 Å². The number of aliphatic hydroxyl groups is 1. The second-order valence-corrected chi connectivity index (χ2v) is 3.14. The monoisotopic (exact) mass is 220 g/mol. The lowest BCUT2D eigenvalue weighted by atomic mass is 10.2. The number of hydrogen-bond acceptors (Lipinski definition) is 3. The molecule has 0 aliphatic rings. The molecule has 0 unspecified atom stereocenters. The van der Waals surface area contributed by atoms with Crippen molar-refractivity contribution in [2.45, 2.75) is 6.42 Å². The highest BCUT2D eigenvalue weighted by Crippen LogP contribution is 2.11. The number of aliphatic hydroxyl groups excluding tert-OH is 1. The fraction of sp³-hybridized carbons (Fsp3) is 0.385. The molecule has 0 saturated heterocycles. The Balaban J connectivity index is 2.45. The van der Waals surface area contributed by atoms with Crippen molar-refractivity contribution in [2.24, 2.45) is 0 Å². The zero-order chi connectivity index (χ0) is 11.6. The molecule has 1 aromatic carbocycles. The van der Waals surface area contributed by atoms with Crippen LogP contribution in [-0.2, 0) is 4.74 Å². The minimum Gasteiger partial charge on any atom is -0.491 e. The Morgan fingerprint density at radius 1 is 1.19 bits per heavy atom. The van der Waals surface area contributed by atoms with Gasteiger partial charge in [-0.25, -0.2) is 0 Å². The second-order valence-electron chi connectivity index (χ2n) is 3.14. The fourth-order valence-electron chi connectivity index (χ4n) is 1.10. The van der Waals surface area contributed by atoms with E-state index in [1.807, 2.05) is 24.3 Å². The molecule has 3 heteroatoms. The normalized spacial score (nSPS) is 9.38. The molecule has 0 fully saturated rings. The maximum Gasteiger partial charge on any atom is 0.119 e. The summed E-state index contributed by atoms with van der Waals surface area (Å²) in [6.45, 7) is 1.23. The van der Waals surface area contributed by atoms with Crippen molar-refractivity contribution in [3.63, 3.8) is 0 Å². The van der Waals surface area contributed by atoms with Crippen molar-refractivity contribution in [3.8, 4) is 17.6 Å². The molecule has 0 aromatic heterocycles. The first-order chi connectivity index (χ1) is 7.86. The van der Waals surface area contributed by atoms with Gasteiger partial charge in [0.25, 0.3) is 0 Å². The summed E-state index contributed by atoms with van der Waals surface area (Å²) in [7, 11) is 1.64. The van der Waals surface area contributed by atoms with Gasteiger partial charge in [-0.15, -0.1) is 0 Å². The lowest BCUT2D eigenvalue weighted by molar-refractivity contribution is 0.146. The third-order valence-corrected chi connectivity index (χ3v) is 1.88. The average molecular weight is 220 g/mol. The molecule has 0 aliphatic heterocycles. The van der Waals surface area contributed by atoms with E-state index in [4.69, 9.17) is 14.6 Å². The van der Waals surface area contributed by atoms with Crippen LogP contribution in [0.15, 0.2) is 24.3 Å². The van der Waals surface area contributed by atoms with Gasteiger partial charge >= 0.3 is 0 Å². The third-order valence-electron chi connectivity index (χ3n) is 1.88. The van der Waals surface area contributed by atoms with Crippen LogP contribution in [0.1, 0.15) is 12.0 Å². The number of rotatable bonds is 5. The van der Waals surface area contributed by atoms with Gasteiger partial charge in [0.1, 0.15) is 12.4 Å². The van der Waals surface area contributed by atoms with Gasteiger partial charge in [-0.2, -0.15) is 0 Å². The lowest BCUT2D eigenvalue weighted by Gasteiger charge is -2.04. The van der Waals surface area contributed by atoms with Crippen LogP contribution in [-0.4, -0.2) is 32.0 Å². The predicted octanol–water partition coefficient (Wildman–Crippen LogP) is 1.45. The summed E-state index contributed by atoms with van der Waals surface area (Å²) in [5, 5.41) is 8.57. The van der Waals surface area contributed by atoms with E-state index in [1.54, 1.807) is 7.11 Å². The minimum atomic E-state index is 0.102. The van der Waals surface area contributed by atoms with E-state index in [-0.39, 0.29) is 6.61 Å². The summed E-state index contributed by atoms with van der Waals surface area (Å²) < 4.78 is 10.3. The van der Waals surface area contributed by atoms with E-state index in [0.29, 0.717) is 19.6 Å². The molecular weight excluding hydrogens is 204 g/mol. The van der Waals surface area contributed by atoms with Gasteiger partial charge in [-0.3, -0.25) is 0 Å². The van der Waals surface area contributed by atoms with Crippen LogP contribution in [0.2, 0.25) is 0 Å². The highest BCUT2D eigenvalue weighted by Gasteiger charge is 1.92. The SMILES string of the molecule is COCCOc1ccc(C#CCCO)cc1. The van der Waals surface area contributed by atoms with E-state index >= 15 is 0 Å². The molecule has 3 nitrogen and oxygen atoms in total. The molecule has 1 rings (SSSR count). The van der Waals surface area contributed by atoms with Gasteiger partial charge in [0.05, 0.1) is 13.2 Å². The molecule has 16 heavy (non-hydrogen) atoms. The summed E-state index contributed by atoms with van der Waals surface area (Å²) in [5.41, 5.74) is 0.924. The Morgan fingerprint density at radius 3 is 2.56 bits per heavy atom. The zero-order valence-corrected chi connectivity index (χ0v) is 9.40. The topological polar surface area (TPSA) is 38.7 Å². The molecule has 0 heterocycles. The summed E-state index contributed by atoms with van der Waals surface area (Å²) in [6.07, 6.45) is 0.506. The molecule has 0 radical (unpaired) electrons. The first-order valence-corrected chi connectivity index (χ1v) is 5.18. The van der Waals surface area contributed by atoms with Crippen LogP contribution >= 0.6 is 0 Å². The Morgan fingerprint density at radius 2 is 1.94 bits per heavy atom. The van der Waals surface area contributed by atoms with Crippen molar-refractivity contribution >= 4 is 0 Å². The fourth-order valence-corrected chi connectivity index (χ4v) is 1.10. The van der Waals surface area contributed by atoms with Crippen molar-refractivity contribution in [1.29, 1.82) is 0 Å². The summed E-state index contributed by atoms with van der Waals surface area (Å²) in [4.78, 5) is 0. The van der Waals surface area contributed by atoms with E-state index in [1.165, 1.54) is 0 Å². The quantitative estimate of drug-likeness (QED) is 0.603. The molecule has 0 atom stereocenters. The van der Waals surface area contributed by atoms with Crippen molar-refractivity contribution < 1.29 is 14.6 Å². The predicted molar refractivity (Wildman–Crippen MR) is 62.4 cm³/mol. The van der Waals surface area contributed by atoms with Crippen molar-refractivity contribution in [2.75, 3.05) is 26.9 Å². The number of ether oxygens (including phenoxy) is 2. The molecule has 0 saturated carbocycles. The molecule has 86 valence electrons. The minimum absolute atomic E-state index is 0.102. The van der Waals surface area contributed by atoms with E-state index < -0.39 is 0 Å². The molecule has 0 bridgehead atoms. The molecular formula is C13H16O3. The second kappa shape index (κ2) is 7.75. The largest absolute Gasteiger partial charge is 0.491 e. The van der Waals surface area contributed by atoms with Crippen molar-refractivity contribution in [1.82, 2.24) is 0 Å². The highest BCUT2D eigenvalue weighted by atomic mass is 16.5.